The fourth-order valence-corrected chi connectivity index (χ4v) is 2.24. The molecule has 0 aromatic heterocycles. The van der Waals surface area contributed by atoms with Crippen molar-refractivity contribution in [3.05, 3.63) is 35.4 Å². The van der Waals surface area contributed by atoms with E-state index in [0.29, 0.717) is 6.04 Å². The highest BCUT2D eigenvalue weighted by atomic mass is 19.3. The first-order valence-corrected chi connectivity index (χ1v) is 5.98. The average Bonchev–Trinajstić information content (AvgIpc) is 2.29. The fraction of sp³-hybridized carbons (Fsp3) is 0.538. The molecule has 4 heteroatoms. The third kappa shape index (κ3) is 3.48. The van der Waals surface area contributed by atoms with Gasteiger partial charge < -0.3 is 5.32 Å². The van der Waals surface area contributed by atoms with Crippen molar-refractivity contribution in [1.29, 1.82) is 0 Å². The van der Waals surface area contributed by atoms with E-state index < -0.39 is 6.43 Å². The van der Waals surface area contributed by atoms with Crippen molar-refractivity contribution in [1.82, 2.24) is 10.2 Å². The standard InChI is InChI=1S/C13H18F2N2/c1-10-8-17(6-5-16-10)9-11-3-2-4-12(7-11)13(14)15/h2-4,7,10,13,16H,5-6,8-9H2,1H3. The maximum Gasteiger partial charge on any atom is 0.263 e. The van der Waals surface area contributed by atoms with E-state index in [1.807, 2.05) is 6.07 Å². The summed E-state index contributed by atoms with van der Waals surface area (Å²) in [5.74, 6) is 0. The van der Waals surface area contributed by atoms with Gasteiger partial charge in [-0.1, -0.05) is 18.2 Å². The van der Waals surface area contributed by atoms with Crippen molar-refractivity contribution in [3.8, 4) is 0 Å². The first-order valence-electron chi connectivity index (χ1n) is 5.98. The lowest BCUT2D eigenvalue weighted by Gasteiger charge is -2.31. The monoisotopic (exact) mass is 240 g/mol. The molecule has 1 aliphatic heterocycles. The molecule has 1 aromatic carbocycles. The molecule has 0 radical (unpaired) electrons. The van der Waals surface area contributed by atoms with Crippen LogP contribution in [0.2, 0.25) is 0 Å². The van der Waals surface area contributed by atoms with Crippen LogP contribution in [0, 0.1) is 0 Å². The lowest BCUT2D eigenvalue weighted by atomic mass is 10.1. The zero-order valence-electron chi connectivity index (χ0n) is 10.00. The van der Waals surface area contributed by atoms with Gasteiger partial charge in [0.05, 0.1) is 0 Å². The molecule has 1 aromatic rings. The van der Waals surface area contributed by atoms with Crippen molar-refractivity contribution in [2.75, 3.05) is 19.6 Å². The van der Waals surface area contributed by atoms with Crippen LogP contribution in [0.15, 0.2) is 24.3 Å². The number of nitrogens with zero attached hydrogens (tertiary/aromatic N) is 1. The van der Waals surface area contributed by atoms with E-state index in [2.05, 4.69) is 17.1 Å². The molecule has 0 bridgehead atoms. The van der Waals surface area contributed by atoms with Gasteiger partial charge in [0.1, 0.15) is 0 Å². The first kappa shape index (κ1) is 12.5. The molecule has 2 nitrogen and oxygen atoms in total. The summed E-state index contributed by atoms with van der Waals surface area (Å²) in [6.07, 6.45) is -2.38. The zero-order valence-corrected chi connectivity index (χ0v) is 10.00. The van der Waals surface area contributed by atoms with E-state index in [-0.39, 0.29) is 5.56 Å². The molecular formula is C13H18F2N2. The quantitative estimate of drug-likeness (QED) is 0.873. The second-order valence-corrected chi connectivity index (χ2v) is 4.64. The molecule has 0 amide bonds. The third-order valence-corrected chi connectivity index (χ3v) is 3.06. The summed E-state index contributed by atoms with van der Waals surface area (Å²) in [4.78, 5) is 2.30. The number of hydrogen-bond acceptors (Lipinski definition) is 2. The Balaban J connectivity index is 2.00. The Morgan fingerprint density at radius 2 is 2.29 bits per heavy atom. The second-order valence-electron chi connectivity index (χ2n) is 4.64. The van der Waals surface area contributed by atoms with Crippen molar-refractivity contribution in [2.24, 2.45) is 0 Å². The Bertz CT molecular complexity index is 368. The molecular weight excluding hydrogens is 222 g/mol. The average molecular weight is 240 g/mol. The van der Waals surface area contributed by atoms with Gasteiger partial charge in [0.15, 0.2) is 0 Å². The number of nitrogens with one attached hydrogen (secondary N) is 1. The van der Waals surface area contributed by atoms with Gasteiger partial charge in [-0.3, -0.25) is 4.90 Å². The van der Waals surface area contributed by atoms with Crippen LogP contribution in [0.3, 0.4) is 0 Å². The summed E-state index contributed by atoms with van der Waals surface area (Å²) >= 11 is 0. The minimum atomic E-state index is -2.38. The van der Waals surface area contributed by atoms with Gasteiger partial charge in [-0.05, 0) is 18.6 Å². The second kappa shape index (κ2) is 5.56. The molecule has 1 saturated heterocycles. The number of rotatable bonds is 3. The number of benzene rings is 1. The zero-order chi connectivity index (χ0) is 12.3. The lowest BCUT2D eigenvalue weighted by molar-refractivity contribution is 0.151. The molecule has 1 N–H and O–H groups in total. The molecule has 94 valence electrons. The number of halogens is 2. The normalized spacial score (nSPS) is 22.0. The van der Waals surface area contributed by atoms with E-state index in [9.17, 15) is 8.78 Å². The summed E-state index contributed by atoms with van der Waals surface area (Å²) in [6.45, 7) is 5.81. The van der Waals surface area contributed by atoms with Crippen LogP contribution in [0.5, 0.6) is 0 Å². The minimum absolute atomic E-state index is 0.116. The van der Waals surface area contributed by atoms with Gasteiger partial charge >= 0.3 is 0 Å². The topological polar surface area (TPSA) is 15.3 Å². The summed E-state index contributed by atoms with van der Waals surface area (Å²) < 4.78 is 25.1. The largest absolute Gasteiger partial charge is 0.312 e. The van der Waals surface area contributed by atoms with Gasteiger partial charge in [-0.25, -0.2) is 8.78 Å². The van der Waals surface area contributed by atoms with Crippen LogP contribution in [0.4, 0.5) is 8.78 Å². The third-order valence-electron chi connectivity index (χ3n) is 3.06. The molecule has 1 unspecified atom stereocenters. The Kier molecular flexibility index (Phi) is 4.07. The smallest absolute Gasteiger partial charge is 0.263 e. The Hall–Kier alpha value is -1.00. The van der Waals surface area contributed by atoms with Crippen LogP contribution < -0.4 is 5.32 Å². The SMILES string of the molecule is CC1CN(Cc2cccc(C(F)F)c2)CCN1. The number of hydrogen-bond donors (Lipinski definition) is 1. The summed E-state index contributed by atoms with van der Waals surface area (Å²) in [5.41, 5.74) is 1.09. The highest BCUT2D eigenvalue weighted by Crippen LogP contribution is 2.20. The molecule has 1 fully saturated rings. The van der Waals surface area contributed by atoms with Crippen LogP contribution in [-0.4, -0.2) is 30.6 Å². The fourth-order valence-electron chi connectivity index (χ4n) is 2.24. The van der Waals surface area contributed by atoms with Crippen molar-refractivity contribution in [2.45, 2.75) is 25.9 Å². The van der Waals surface area contributed by atoms with Gasteiger partial charge in [0, 0.05) is 37.8 Å². The van der Waals surface area contributed by atoms with E-state index in [1.165, 1.54) is 6.07 Å². The molecule has 0 spiro atoms. The maximum absolute atomic E-state index is 12.6. The van der Waals surface area contributed by atoms with Gasteiger partial charge in [-0.2, -0.15) is 0 Å². The minimum Gasteiger partial charge on any atom is -0.312 e. The van der Waals surface area contributed by atoms with E-state index in [0.717, 1.165) is 31.7 Å². The van der Waals surface area contributed by atoms with Crippen LogP contribution in [0.25, 0.3) is 0 Å². The first-order chi connectivity index (χ1) is 8.15. The van der Waals surface area contributed by atoms with Gasteiger partial charge in [-0.15, -0.1) is 0 Å². The van der Waals surface area contributed by atoms with E-state index >= 15 is 0 Å². The Morgan fingerprint density at radius 3 is 3.00 bits per heavy atom. The van der Waals surface area contributed by atoms with E-state index in [4.69, 9.17) is 0 Å². The predicted octanol–water partition coefficient (Wildman–Crippen LogP) is 2.42. The molecule has 2 rings (SSSR count). The molecule has 17 heavy (non-hydrogen) atoms. The van der Waals surface area contributed by atoms with Crippen LogP contribution >= 0.6 is 0 Å². The van der Waals surface area contributed by atoms with Crippen LogP contribution in [-0.2, 0) is 6.54 Å². The lowest BCUT2D eigenvalue weighted by Crippen LogP contribution is -2.48. The summed E-state index contributed by atoms with van der Waals surface area (Å²) in [6, 6.07) is 7.19. The van der Waals surface area contributed by atoms with Crippen molar-refractivity contribution >= 4 is 0 Å². The molecule has 1 heterocycles. The summed E-state index contributed by atoms with van der Waals surface area (Å²) in [7, 11) is 0. The van der Waals surface area contributed by atoms with Gasteiger partial charge in [0.25, 0.3) is 6.43 Å². The molecule has 0 aliphatic carbocycles. The Labute approximate surface area is 101 Å². The number of piperazine rings is 1. The molecule has 0 saturated carbocycles. The summed E-state index contributed by atoms with van der Waals surface area (Å²) in [5, 5.41) is 3.37. The highest BCUT2D eigenvalue weighted by Gasteiger charge is 2.16. The predicted molar refractivity (Wildman–Crippen MR) is 64.1 cm³/mol. The molecule has 1 atom stereocenters. The van der Waals surface area contributed by atoms with Crippen LogP contribution in [0.1, 0.15) is 24.5 Å². The van der Waals surface area contributed by atoms with Gasteiger partial charge in [0.2, 0.25) is 0 Å². The molecule has 1 aliphatic rings. The maximum atomic E-state index is 12.6. The highest BCUT2D eigenvalue weighted by molar-refractivity contribution is 5.24. The van der Waals surface area contributed by atoms with Crippen molar-refractivity contribution in [3.63, 3.8) is 0 Å². The Morgan fingerprint density at radius 1 is 1.47 bits per heavy atom. The number of alkyl halides is 2. The van der Waals surface area contributed by atoms with E-state index in [1.54, 1.807) is 12.1 Å². The van der Waals surface area contributed by atoms with Crippen molar-refractivity contribution < 1.29 is 8.78 Å².